The van der Waals surface area contributed by atoms with Crippen molar-refractivity contribution in [2.45, 2.75) is 94.2 Å². The van der Waals surface area contributed by atoms with E-state index in [1.54, 1.807) is 0 Å². The van der Waals surface area contributed by atoms with E-state index in [0.717, 1.165) is 16.3 Å². The summed E-state index contributed by atoms with van der Waals surface area (Å²) in [6.07, 6.45) is 0.796. The molecule has 0 aliphatic carbocycles. The Kier molecular flexibility index (Phi) is 7.95. The Hall–Kier alpha value is -3.18. The lowest BCUT2D eigenvalue weighted by atomic mass is 9.55. The number of benzene rings is 4. The molecule has 0 radical (unpaired) electrons. The molecule has 0 saturated carbocycles. The summed E-state index contributed by atoms with van der Waals surface area (Å²) in [6, 6.07) is 19.0. The van der Waals surface area contributed by atoms with Gasteiger partial charge in [-0.1, -0.05) is 97.0 Å². The van der Waals surface area contributed by atoms with Crippen LogP contribution in [0.15, 0.2) is 54.6 Å². The molecule has 5 nitrogen and oxygen atoms in total. The average Bonchev–Trinajstić information content (AvgIpc) is 2.87. The number of esters is 1. The Balaban J connectivity index is 1.65. The SMILES string of the molecule is CC(C)C(C)(C(=O)O)C(C)(C)CC(C)(N)CC(C)(C(=O)OCc1cc2cccc3ccc4cccc1c4c32)C(C)(C)C. The molecular formula is C37H49NO4. The molecule has 0 aliphatic heterocycles. The number of carboxylic acid groups (broad SMARTS) is 1. The van der Waals surface area contributed by atoms with Gasteiger partial charge in [-0.15, -0.1) is 0 Å². The highest BCUT2D eigenvalue weighted by Gasteiger charge is 2.54. The summed E-state index contributed by atoms with van der Waals surface area (Å²) in [6.45, 7) is 19.8. The second kappa shape index (κ2) is 10.5. The Bertz CT molecular complexity index is 1630. The first-order chi connectivity index (χ1) is 19.2. The minimum absolute atomic E-state index is 0.0936. The lowest BCUT2D eigenvalue weighted by Gasteiger charge is -2.50. The van der Waals surface area contributed by atoms with Gasteiger partial charge in [-0.3, -0.25) is 9.59 Å². The number of carbonyl (C=O) groups is 2. The Morgan fingerprint density at radius 3 is 1.90 bits per heavy atom. The highest BCUT2D eigenvalue weighted by atomic mass is 16.5. The number of hydrogen-bond donors (Lipinski definition) is 2. The van der Waals surface area contributed by atoms with Crippen LogP contribution in [0.25, 0.3) is 32.3 Å². The number of ether oxygens (including phenoxy) is 1. The first-order valence-corrected chi connectivity index (χ1v) is 15.1. The van der Waals surface area contributed by atoms with Crippen molar-refractivity contribution in [2.24, 2.45) is 33.3 Å². The molecule has 4 rings (SSSR count). The average molecular weight is 572 g/mol. The summed E-state index contributed by atoms with van der Waals surface area (Å²) in [5, 5.41) is 17.2. The standard InChI is InChI=1S/C37H49NO4/c1-23(2)37(10,31(39)40)34(6,7)21-35(8,38)22-36(9,33(3,4)5)32(41)42-20-27-19-26-15-11-13-24-17-18-25-14-12-16-28(27)30(25)29(24)26/h11-19,23H,20-22,38H2,1-10H3,(H,39,40). The van der Waals surface area contributed by atoms with Crippen LogP contribution in [0, 0.1) is 27.6 Å². The van der Waals surface area contributed by atoms with Gasteiger partial charge in [0.05, 0.1) is 10.8 Å². The molecule has 4 aromatic carbocycles. The fourth-order valence-corrected chi connectivity index (χ4v) is 7.28. The van der Waals surface area contributed by atoms with Crippen LogP contribution in [-0.2, 0) is 20.9 Å². The first-order valence-electron chi connectivity index (χ1n) is 15.1. The summed E-state index contributed by atoms with van der Waals surface area (Å²) in [5.74, 6) is -1.22. The van der Waals surface area contributed by atoms with E-state index >= 15 is 0 Å². The van der Waals surface area contributed by atoms with Crippen LogP contribution < -0.4 is 5.73 Å². The van der Waals surface area contributed by atoms with Gasteiger partial charge in [0.2, 0.25) is 0 Å². The minimum Gasteiger partial charge on any atom is -0.481 e. The maximum absolute atomic E-state index is 14.1. The van der Waals surface area contributed by atoms with E-state index in [-0.39, 0.29) is 18.5 Å². The van der Waals surface area contributed by atoms with E-state index in [0.29, 0.717) is 12.8 Å². The maximum Gasteiger partial charge on any atom is 0.312 e. The Morgan fingerprint density at radius 1 is 0.810 bits per heavy atom. The van der Waals surface area contributed by atoms with Gasteiger partial charge in [-0.25, -0.2) is 0 Å². The highest BCUT2D eigenvalue weighted by Crippen LogP contribution is 2.52. The van der Waals surface area contributed by atoms with Gasteiger partial charge in [-0.2, -0.15) is 0 Å². The lowest BCUT2D eigenvalue weighted by Crippen LogP contribution is -2.55. The van der Waals surface area contributed by atoms with Crippen molar-refractivity contribution < 1.29 is 19.4 Å². The molecule has 5 heteroatoms. The summed E-state index contributed by atoms with van der Waals surface area (Å²) in [5.41, 5.74) is 4.17. The van der Waals surface area contributed by atoms with Crippen LogP contribution in [0.2, 0.25) is 0 Å². The fourth-order valence-electron chi connectivity index (χ4n) is 7.28. The normalized spacial score (nSPS) is 17.3. The number of carboxylic acids is 1. The topological polar surface area (TPSA) is 89.6 Å². The predicted molar refractivity (Wildman–Crippen MR) is 174 cm³/mol. The van der Waals surface area contributed by atoms with E-state index in [1.165, 1.54) is 21.5 Å². The molecule has 3 N–H and O–H groups in total. The van der Waals surface area contributed by atoms with Crippen molar-refractivity contribution in [1.82, 2.24) is 0 Å². The smallest absolute Gasteiger partial charge is 0.312 e. The third kappa shape index (κ3) is 5.25. The van der Waals surface area contributed by atoms with Gasteiger partial charge in [0, 0.05) is 5.54 Å². The van der Waals surface area contributed by atoms with Crippen molar-refractivity contribution >= 4 is 44.3 Å². The van der Waals surface area contributed by atoms with E-state index in [4.69, 9.17) is 10.5 Å². The first kappa shape index (κ1) is 31.7. The van der Waals surface area contributed by atoms with Gasteiger partial charge in [-0.05, 0) is 94.3 Å². The monoisotopic (exact) mass is 571 g/mol. The molecule has 0 heterocycles. The number of nitrogens with two attached hydrogens (primary N) is 1. The summed E-state index contributed by atoms with van der Waals surface area (Å²) < 4.78 is 6.18. The molecule has 4 aromatic rings. The quantitative estimate of drug-likeness (QED) is 0.146. The molecule has 0 bridgehead atoms. The summed E-state index contributed by atoms with van der Waals surface area (Å²) >= 11 is 0. The van der Waals surface area contributed by atoms with Crippen LogP contribution in [0.4, 0.5) is 0 Å². The number of aliphatic carboxylic acids is 1. The number of carbonyl (C=O) groups excluding carboxylic acids is 1. The fraction of sp³-hybridized carbons (Fsp3) is 0.514. The molecule has 42 heavy (non-hydrogen) atoms. The molecule has 0 aromatic heterocycles. The van der Waals surface area contributed by atoms with Crippen molar-refractivity contribution in [1.29, 1.82) is 0 Å². The second-order valence-electron chi connectivity index (χ2n) is 15.3. The van der Waals surface area contributed by atoms with E-state index in [1.807, 2.05) is 69.2 Å². The molecule has 0 fully saturated rings. The van der Waals surface area contributed by atoms with Crippen LogP contribution in [-0.4, -0.2) is 22.6 Å². The van der Waals surface area contributed by atoms with Gasteiger partial charge in [0.15, 0.2) is 0 Å². The van der Waals surface area contributed by atoms with Gasteiger partial charge in [0.1, 0.15) is 6.61 Å². The lowest BCUT2D eigenvalue weighted by molar-refractivity contribution is -0.168. The highest BCUT2D eigenvalue weighted by molar-refractivity contribution is 6.23. The third-order valence-electron chi connectivity index (χ3n) is 10.7. The van der Waals surface area contributed by atoms with Gasteiger partial charge in [0.25, 0.3) is 0 Å². The number of hydrogen-bond acceptors (Lipinski definition) is 4. The molecule has 0 spiro atoms. The maximum atomic E-state index is 14.1. The zero-order valence-corrected chi connectivity index (χ0v) is 27.1. The van der Waals surface area contributed by atoms with Crippen LogP contribution in [0.5, 0.6) is 0 Å². The molecule has 3 atom stereocenters. The largest absolute Gasteiger partial charge is 0.481 e. The number of rotatable bonds is 10. The molecule has 226 valence electrons. The van der Waals surface area contributed by atoms with Crippen LogP contribution in [0.3, 0.4) is 0 Å². The molecule has 0 saturated heterocycles. The Labute approximate surface area is 251 Å². The second-order valence-corrected chi connectivity index (χ2v) is 15.3. The van der Waals surface area contributed by atoms with Crippen molar-refractivity contribution in [3.63, 3.8) is 0 Å². The van der Waals surface area contributed by atoms with Gasteiger partial charge < -0.3 is 15.6 Å². The van der Waals surface area contributed by atoms with Crippen LogP contribution in [0.1, 0.15) is 87.6 Å². The van der Waals surface area contributed by atoms with Crippen LogP contribution >= 0.6 is 0 Å². The van der Waals surface area contributed by atoms with E-state index in [9.17, 15) is 14.7 Å². The molecule has 0 aliphatic rings. The third-order valence-corrected chi connectivity index (χ3v) is 10.7. The van der Waals surface area contributed by atoms with Gasteiger partial charge >= 0.3 is 11.9 Å². The summed E-state index contributed by atoms with van der Waals surface area (Å²) in [4.78, 5) is 26.6. The zero-order chi connectivity index (χ0) is 31.5. The van der Waals surface area contributed by atoms with Crippen molar-refractivity contribution in [3.8, 4) is 0 Å². The van der Waals surface area contributed by atoms with E-state index in [2.05, 4.69) is 54.6 Å². The van der Waals surface area contributed by atoms with Crippen molar-refractivity contribution in [2.75, 3.05) is 0 Å². The zero-order valence-electron chi connectivity index (χ0n) is 27.1. The summed E-state index contributed by atoms with van der Waals surface area (Å²) in [7, 11) is 0. The molecule has 0 amide bonds. The van der Waals surface area contributed by atoms with E-state index < -0.39 is 33.2 Å². The minimum atomic E-state index is -0.986. The van der Waals surface area contributed by atoms with Crippen molar-refractivity contribution in [3.05, 3.63) is 60.2 Å². The Morgan fingerprint density at radius 2 is 1.36 bits per heavy atom. The molecular weight excluding hydrogens is 522 g/mol. The predicted octanol–water partition coefficient (Wildman–Crippen LogP) is 8.95. The molecule has 3 unspecified atom stereocenters.